The van der Waals surface area contributed by atoms with Crippen LogP contribution in [0.5, 0.6) is 0 Å². The normalized spacial score (nSPS) is 12.8. The predicted octanol–water partition coefficient (Wildman–Crippen LogP) is 2.24. The van der Waals surface area contributed by atoms with Gasteiger partial charge in [0.1, 0.15) is 0 Å². The van der Waals surface area contributed by atoms with Crippen molar-refractivity contribution in [1.82, 2.24) is 15.2 Å². The lowest BCUT2D eigenvalue weighted by Crippen LogP contribution is -2.34. The third-order valence-electron chi connectivity index (χ3n) is 3.20. The Kier molecular flexibility index (Phi) is 4.22. The second-order valence-corrected chi connectivity index (χ2v) is 5.25. The molecule has 1 aromatic heterocycles. The number of carbonyl (C=O) groups is 1. The molecule has 1 heterocycles. The molecule has 2 aromatic rings. The number of hydrogen-bond acceptors (Lipinski definition) is 2. The van der Waals surface area contributed by atoms with Crippen LogP contribution in [0, 0.1) is 0 Å². The summed E-state index contributed by atoms with van der Waals surface area (Å²) in [5.74, 6) is -0.0113. The summed E-state index contributed by atoms with van der Waals surface area (Å²) < 4.78 is 0. The van der Waals surface area contributed by atoms with Gasteiger partial charge in [0.2, 0.25) is 0 Å². The van der Waals surface area contributed by atoms with Crippen LogP contribution < -0.4 is 5.32 Å². The van der Waals surface area contributed by atoms with Crippen molar-refractivity contribution in [3.63, 3.8) is 0 Å². The SMILES string of the molecule is CC(CCN(C)C)NC(=O)c1ccc2cc[nH]c2c1. The van der Waals surface area contributed by atoms with Crippen LogP contribution in [0.2, 0.25) is 0 Å². The van der Waals surface area contributed by atoms with E-state index in [9.17, 15) is 4.79 Å². The molecular formula is C15H21N3O. The Balaban J connectivity index is 1.98. The summed E-state index contributed by atoms with van der Waals surface area (Å²) in [4.78, 5) is 17.4. The number of fused-ring (bicyclic) bond motifs is 1. The first-order valence-electron chi connectivity index (χ1n) is 6.59. The standard InChI is InChI=1S/C15H21N3O/c1-11(7-9-18(2)3)17-15(19)13-5-4-12-6-8-16-14(12)10-13/h4-6,8,10-11,16H,7,9H2,1-3H3,(H,17,19). The van der Waals surface area contributed by atoms with Crippen molar-refractivity contribution >= 4 is 16.8 Å². The van der Waals surface area contributed by atoms with Gasteiger partial charge in [0.25, 0.3) is 5.91 Å². The van der Waals surface area contributed by atoms with Crippen LogP contribution in [0.25, 0.3) is 10.9 Å². The van der Waals surface area contributed by atoms with Crippen molar-refractivity contribution in [2.75, 3.05) is 20.6 Å². The summed E-state index contributed by atoms with van der Waals surface area (Å²) in [6.07, 6.45) is 2.83. The molecule has 2 rings (SSSR count). The van der Waals surface area contributed by atoms with Gasteiger partial charge in [-0.1, -0.05) is 6.07 Å². The number of carbonyl (C=O) groups excluding carboxylic acids is 1. The molecule has 1 aromatic carbocycles. The Bertz CT molecular complexity index is 559. The van der Waals surface area contributed by atoms with Crippen LogP contribution >= 0.6 is 0 Å². The molecule has 102 valence electrons. The fourth-order valence-corrected chi connectivity index (χ4v) is 2.02. The van der Waals surface area contributed by atoms with Crippen molar-refractivity contribution in [2.45, 2.75) is 19.4 Å². The Hall–Kier alpha value is -1.81. The maximum Gasteiger partial charge on any atom is 0.251 e. The van der Waals surface area contributed by atoms with Gasteiger partial charge in [0, 0.05) is 23.3 Å². The third-order valence-corrected chi connectivity index (χ3v) is 3.20. The molecule has 4 heteroatoms. The molecule has 0 radical (unpaired) electrons. The smallest absolute Gasteiger partial charge is 0.251 e. The quantitative estimate of drug-likeness (QED) is 0.865. The second-order valence-electron chi connectivity index (χ2n) is 5.25. The molecule has 0 fully saturated rings. The molecule has 0 saturated heterocycles. The van der Waals surface area contributed by atoms with E-state index in [0.29, 0.717) is 5.56 Å². The number of nitrogens with one attached hydrogen (secondary N) is 2. The number of amides is 1. The van der Waals surface area contributed by atoms with Gasteiger partial charge in [-0.3, -0.25) is 4.79 Å². The first kappa shape index (κ1) is 13.6. The second kappa shape index (κ2) is 5.89. The number of rotatable bonds is 5. The highest BCUT2D eigenvalue weighted by Gasteiger charge is 2.10. The molecule has 1 unspecified atom stereocenters. The number of aromatic nitrogens is 1. The highest BCUT2D eigenvalue weighted by atomic mass is 16.1. The Morgan fingerprint density at radius 2 is 2.16 bits per heavy atom. The van der Waals surface area contributed by atoms with Gasteiger partial charge in [-0.25, -0.2) is 0 Å². The zero-order valence-electron chi connectivity index (χ0n) is 11.7. The molecule has 0 aliphatic carbocycles. The number of H-pyrrole nitrogens is 1. The van der Waals surface area contributed by atoms with Gasteiger partial charge in [0.15, 0.2) is 0 Å². The summed E-state index contributed by atoms with van der Waals surface area (Å²) in [6, 6.07) is 7.89. The lowest BCUT2D eigenvalue weighted by atomic mass is 10.1. The van der Waals surface area contributed by atoms with E-state index in [0.717, 1.165) is 23.9 Å². The van der Waals surface area contributed by atoms with E-state index in [1.54, 1.807) is 0 Å². The summed E-state index contributed by atoms with van der Waals surface area (Å²) in [5, 5.41) is 4.15. The van der Waals surface area contributed by atoms with Crippen molar-refractivity contribution in [1.29, 1.82) is 0 Å². The zero-order chi connectivity index (χ0) is 13.8. The fraction of sp³-hybridized carbons (Fsp3) is 0.400. The highest BCUT2D eigenvalue weighted by molar-refractivity contribution is 5.98. The maximum absolute atomic E-state index is 12.1. The van der Waals surface area contributed by atoms with Crippen molar-refractivity contribution in [3.8, 4) is 0 Å². The Labute approximate surface area is 113 Å². The van der Waals surface area contributed by atoms with E-state index in [-0.39, 0.29) is 11.9 Å². The Morgan fingerprint density at radius 3 is 2.89 bits per heavy atom. The fourth-order valence-electron chi connectivity index (χ4n) is 2.02. The molecule has 4 nitrogen and oxygen atoms in total. The molecule has 0 bridgehead atoms. The van der Waals surface area contributed by atoms with Gasteiger partial charge in [-0.2, -0.15) is 0 Å². The molecule has 0 aliphatic rings. The van der Waals surface area contributed by atoms with Gasteiger partial charge >= 0.3 is 0 Å². The third kappa shape index (κ3) is 3.58. The van der Waals surface area contributed by atoms with E-state index >= 15 is 0 Å². The summed E-state index contributed by atoms with van der Waals surface area (Å²) in [7, 11) is 4.07. The van der Waals surface area contributed by atoms with E-state index in [1.165, 1.54) is 0 Å². The molecule has 0 spiro atoms. The van der Waals surface area contributed by atoms with E-state index < -0.39 is 0 Å². The van der Waals surface area contributed by atoms with E-state index in [2.05, 4.69) is 15.2 Å². The van der Waals surface area contributed by atoms with Crippen LogP contribution in [0.1, 0.15) is 23.7 Å². The topological polar surface area (TPSA) is 48.1 Å². The number of aromatic amines is 1. The number of benzene rings is 1. The van der Waals surface area contributed by atoms with Gasteiger partial charge in [-0.15, -0.1) is 0 Å². The highest BCUT2D eigenvalue weighted by Crippen LogP contribution is 2.14. The molecule has 19 heavy (non-hydrogen) atoms. The molecule has 2 N–H and O–H groups in total. The molecule has 0 aliphatic heterocycles. The zero-order valence-corrected chi connectivity index (χ0v) is 11.7. The summed E-state index contributed by atoms with van der Waals surface area (Å²) >= 11 is 0. The monoisotopic (exact) mass is 259 g/mol. The minimum atomic E-state index is -0.0113. The van der Waals surface area contributed by atoms with Crippen molar-refractivity contribution in [3.05, 3.63) is 36.0 Å². The van der Waals surface area contributed by atoms with Gasteiger partial charge in [0.05, 0.1) is 0 Å². The number of hydrogen-bond donors (Lipinski definition) is 2. The first-order chi connectivity index (χ1) is 9.06. The van der Waals surface area contributed by atoms with Crippen LogP contribution in [0.4, 0.5) is 0 Å². The van der Waals surface area contributed by atoms with Crippen LogP contribution in [-0.2, 0) is 0 Å². The maximum atomic E-state index is 12.1. The predicted molar refractivity (Wildman–Crippen MR) is 78.4 cm³/mol. The van der Waals surface area contributed by atoms with E-state index in [1.807, 2.05) is 51.5 Å². The Morgan fingerprint density at radius 1 is 1.37 bits per heavy atom. The minimum absolute atomic E-state index is 0.0113. The minimum Gasteiger partial charge on any atom is -0.361 e. The molecule has 0 saturated carbocycles. The summed E-state index contributed by atoms with van der Waals surface area (Å²) in [6.45, 7) is 3.01. The van der Waals surface area contributed by atoms with Crippen LogP contribution in [-0.4, -0.2) is 42.5 Å². The van der Waals surface area contributed by atoms with Gasteiger partial charge < -0.3 is 15.2 Å². The van der Waals surface area contributed by atoms with Crippen LogP contribution in [0.15, 0.2) is 30.5 Å². The van der Waals surface area contributed by atoms with E-state index in [4.69, 9.17) is 0 Å². The average Bonchev–Trinajstić information content (AvgIpc) is 2.83. The summed E-state index contributed by atoms with van der Waals surface area (Å²) in [5.41, 5.74) is 1.69. The lowest BCUT2D eigenvalue weighted by molar-refractivity contribution is 0.0937. The lowest BCUT2D eigenvalue weighted by Gasteiger charge is -2.16. The van der Waals surface area contributed by atoms with Crippen LogP contribution in [0.3, 0.4) is 0 Å². The largest absolute Gasteiger partial charge is 0.361 e. The van der Waals surface area contributed by atoms with Crippen molar-refractivity contribution in [2.24, 2.45) is 0 Å². The first-order valence-corrected chi connectivity index (χ1v) is 6.59. The molecule has 1 amide bonds. The van der Waals surface area contributed by atoms with Crippen molar-refractivity contribution < 1.29 is 4.79 Å². The number of nitrogens with zero attached hydrogens (tertiary/aromatic N) is 1. The molecular weight excluding hydrogens is 238 g/mol. The molecule has 1 atom stereocenters. The van der Waals surface area contributed by atoms with Gasteiger partial charge in [-0.05, 0) is 57.6 Å². The average molecular weight is 259 g/mol.